The number of hydrogen-bond donors (Lipinski definition) is 0. The molecule has 10 heteroatoms. The van der Waals surface area contributed by atoms with Gasteiger partial charge in [0.2, 0.25) is 16.0 Å². The van der Waals surface area contributed by atoms with Crippen molar-refractivity contribution in [1.82, 2.24) is 14.3 Å². The van der Waals surface area contributed by atoms with Gasteiger partial charge in [-0.3, -0.25) is 0 Å². The van der Waals surface area contributed by atoms with Gasteiger partial charge < -0.3 is 14.5 Å². The Morgan fingerprint density at radius 2 is 1.66 bits per heavy atom. The number of nitrogens with zero attached hydrogens (tertiary/aromatic N) is 5. The summed E-state index contributed by atoms with van der Waals surface area (Å²) in [5, 5.41) is 0. The molecule has 1 aromatic heterocycles. The predicted octanol–water partition coefficient (Wildman–Crippen LogP) is 1.90. The first kappa shape index (κ1) is 20.5. The topological polar surface area (TPSA) is 78.9 Å². The molecule has 3 heterocycles. The van der Waals surface area contributed by atoms with Gasteiger partial charge >= 0.3 is 0 Å². The molecule has 0 atom stereocenters. The number of rotatable bonds is 4. The van der Waals surface area contributed by atoms with E-state index in [1.165, 1.54) is 0 Å². The van der Waals surface area contributed by atoms with Crippen LogP contribution in [0, 0.1) is 6.92 Å². The summed E-state index contributed by atoms with van der Waals surface area (Å²) in [6.07, 6.45) is 0. The highest BCUT2D eigenvalue weighted by Gasteiger charge is 2.30. The van der Waals surface area contributed by atoms with Crippen LogP contribution in [-0.2, 0) is 14.8 Å². The summed E-state index contributed by atoms with van der Waals surface area (Å²) in [5.74, 6) is 1.56. The van der Waals surface area contributed by atoms with Crippen molar-refractivity contribution in [3.05, 3.63) is 40.5 Å². The summed E-state index contributed by atoms with van der Waals surface area (Å²) in [7, 11) is -3.53. The number of ether oxygens (including phenoxy) is 1. The number of sulfonamides is 1. The standard InChI is InChI=1S/C19H24BrN5O3S/c1-15-14-18(22-19(21-15)24-10-12-28-13-11-24)23-6-8-25(9-7-23)29(26,27)17-5-3-2-4-16(17)20/h2-5,14H,6-13H2,1H3. The lowest BCUT2D eigenvalue weighted by molar-refractivity contribution is 0.122. The highest BCUT2D eigenvalue weighted by atomic mass is 79.9. The van der Waals surface area contributed by atoms with Crippen LogP contribution in [0.4, 0.5) is 11.8 Å². The molecule has 1 aromatic carbocycles. The van der Waals surface area contributed by atoms with Gasteiger partial charge in [-0.05, 0) is 35.0 Å². The van der Waals surface area contributed by atoms with Crippen LogP contribution in [0.1, 0.15) is 5.69 Å². The van der Waals surface area contributed by atoms with Crippen molar-refractivity contribution < 1.29 is 13.2 Å². The molecule has 0 aliphatic carbocycles. The van der Waals surface area contributed by atoms with Crippen LogP contribution in [0.15, 0.2) is 39.7 Å². The Labute approximate surface area is 179 Å². The third kappa shape index (κ3) is 4.40. The lowest BCUT2D eigenvalue weighted by atomic mass is 10.3. The molecule has 8 nitrogen and oxygen atoms in total. The van der Waals surface area contributed by atoms with E-state index in [0.29, 0.717) is 54.7 Å². The molecule has 0 unspecified atom stereocenters. The molecule has 2 aliphatic rings. The number of anilines is 2. The second-order valence-electron chi connectivity index (χ2n) is 7.09. The van der Waals surface area contributed by atoms with Gasteiger partial charge in [0.15, 0.2) is 0 Å². The molecule has 2 aromatic rings. The Kier molecular flexibility index (Phi) is 6.05. The predicted molar refractivity (Wildman–Crippen MR) is 115 cm³/mol. The van der Waals surface area contributed by atoms with E-state index in [0.717, 1.165) is 24.6 Å². The molecule has 4 rings (SSSR count). The van der Waals surface area contributed by atoms with Gasteiger partial charge in [0.25, 0.3) is 0 Å². The maximum Gasteiger partial charge on any atom is 0.244 e. The normalized spacial score (nSPS) is 18.8. The average Bonchev–Trinajstić information content (AvgIpc) is 2.74. The van der Waals surface area contributed by atoms with Crippen LogP contribution >= 0.6 is 15.9 Å². The molecule has 0 saturated carbocycles. The Hall–Kier alpha value is -1.75. The van der Waals surface area contributed by atoms with Gasteiger partial charge in [0.05, 0.1) is 18.1 Å². The molecule has 0 spiro atoms. The Bertz CT molecular complexity index is 974. The highest BCUT2D eigenvalue weighted by molar-refractivity contribution is 9.10. The van der Waals surface area contributed by atoms with Gasteiger partial charge in [0, 0.05) is 55.5 Å². The van der Waals surface area contributed by atoms with E-state index < -0.39 is 10.0 Å². The summed E-state index contributed by atoms with van der Waals surface area (Å²) < 4.78 is 33.5. The van der Waals surface area contributed by atoms with E-state index in [-0.39, 0.29) is 0 Å². The minimum absolute atomic E-state index is 0.306. The van der Waals surface area contributed by atoms with E-state index in [4.69, 9.17) is 9.72 Å². The number of hydrogen-bond acceptors (Lipinski definition) is 7. The molecule has 156 valence electrons. The van der Waals surface area contributed by atoms with Crippen LogP contribution < -0.4 is 9.80 Å². The molecule has 0 radical (unpaired) electrons. The zero-order chi connectivity index (χ0) is 20.4. The molecular weight excluding hydrogens is 458 g/mol. The zero-order valence-electron chi connectivity index (χ0n) is 16.3. The third-order valence-electron chi connectivity index (χ3n) is 5.14. The maximum absolute atomic E-state index is 13.0. The fraction of sp³-hybridized carbons (Fsp3) is 0.474. The Morgan fingerprint density at radius 1 is 0.966 bits per heavy atom. The first-order chi connectivity index (χ1) is 13.9. The molecular formula is C19H24BrN5O3S. The van der Waals surface area contributed by atoms with Gasteiger partial charge in [-0.15, -0.1) is 0 Å². The Morgan fingerprint density at radius 3 is 2.34 bits per heavy atom. The zero-order valence-corrected chi connectivity index (χ0v) is 18.7. The molecule has 2 aliphatic heterocycles. The second kappa shape index (κ2) is 8.55. The number of piperazine rings is 1. The molecule has 2 fully saturated rings. The van der Waals surface area contributed by atoms with E-state index in [9.17, 15) is 8.42 Å². The van der Waals surface area contributed by atoms with Gasteiger partial charge in [0.1, 0.15) is 5.82 Å². The van der Waals surface area contributed by atoms with Crippen molar-refractivity contribution >= 4 is 37.7 Å². The lowest BCUT2D eigenvalue weighted by Crippen LogP contribution is -2.49. The largest absolute Gasteiger partial charge is 0.378 e. The average molecular weight is 482 g/mol. The fourth-order valence-corrected chi connectivity index (χ4v) is 5.94. The highest BCUT2D eigenvalue weighted by Crippen LogP contribution is 2.26. The van der Waals surface area contributed by atoms with Gasteiger partial charge in [-0.2, -0.15) is 9.29 Å². The summed E-state index contributed by atoms with van der Waals surface area (Å²) >= 11 is 3.35. The number of morpholine rings is 1. The van der Waals surface area contributed by atoms with Crippen molar-refractivity contribution in [2.75, 3.05) is 62.3 Å². The van der Waals surface area contributed by atoms with Crippen LogP contribution in [0.25, 0.3) is 0 Å². The van der Waals surface area contributed by atoms with Gasteiger partial charge in [-0.1, -0.05) is 12.1 Å². The van der Waals surface area contributed by atoms with Crippen LogP contribution in [0.5, 0.6) is 0 Å². The molecule has 29 heavy (non-hydrogen) atoms. The number of aryl methyl sites for hydroxylation is 1. The van der Waals surface area contributed by atoms with Crippen molar-refractivity contribution in [2.45, 2.75) is 11.8 Å². The number of benzene rings is 1. The first-order valence-electron chi connectivity index (χ1n) is 9.63. The number of aromatic nitrogens is 2. The second-order valence-corrected chi connectivity index (χ2v) is 9.85. The van der Waals surface area contributed by atoms with Crippen molar-refractivity contribution in [1.29, 1.82) is 0 Å². The van der Waals surface area contributed by atoms with Crippen LogP contribution in [0.2, 0.25) is 0 Å². The van der Waals surface area contributed by atoms with Crippen LogP contribution in [-0.4, -0.2) is 75.2 Å². The van der Waals surface area contributed by atoms with E-state index >= 15 is 0 Å². The van der Waals surface area contributed by atoms with E-state index in [1.54, 1.807) is 22.5 Å². The monoisotopic (exact) mass is 481 g/mol. The number of halogens is 1. The maximum atomic E-state index is 13.0. The summed E-state index contributed by atoms with van der Waals surface area (Å²) in [4.78, 5) is 13.9. The summed E-state index contributed by atoms with van der Waals surface area (Å²) in [6.45, 7) is 6.88. The molecule has 0 amide bonds. The SMILES string of the molecule is Cc1cc(N2CCN(S(=O)(=O)c3ccccc3Br)CC2)nc(N2CCOCC2)n1. The molecule has 0 bridgehead atoms. The molecule has 2 saturated heterocycles. The molecule has 0 N–H and O–H groups in total. The third-order valence-corrected chi connectivity index (χ3v) is 8.05. The van der Waals surface area contributed by atoms with E-state index in [2.05, 4.69) is 30.7 Å². The summed E-state index contributed by atoms with van der Waals surface area (Å²) in [6, 6.07) is 8.89. The van der Waals surface area contributed by atoms with E-state index in [1.807, 2.05) is 19.1 Å². The first-order valence-corrected chi connectivity index (χ1v) is 11.9. The minimum atomic E-state index is -3.53. The lowest BCUT2D eigenvalue weighted by Gasteiger charge is -2.35. The van der Waals surface area contributed by atoms with Crippen LogP contribution in [0.3, 0.4) is 0 Å². The van der Waals surface area contributed by atoms with Crippen molar-refractivity contribution in [3.8, 4) is 0 Å². The Balaban J connectivity index is 1.48. The minimum Gasteiger partial charge on any atom is -0.378 e. The van der Waals surface area contributed by atoms with Crippen molar-refractivity contribution in [2.24, 2.45) is 0 Å². The van der Waals surface area contributed by atoms with Gasteiger partial charge in [-0.25, -0.2) is 13.4 Å². The smallest absolute Gasteiger partial charge is 0.244 e. The quantitative estimate of drug-likeness (QED) is 0.659. The van der Waals surface area contributed by atoms with Crippen molar-refractivity contribution in [3.63, 3.8) is 0 Å². The fourth-order valence-electron chi connectivity index (χ4n) is 3.55. The summed E-state index contributed by atoms with van der Waals surface area (Å²) in [5.41, 5.74) is 0.903.